The summed E-state index contributed by atoms with van der Waals surface area (Å²) in [5.41, 5.74) is 6.84. The number of hydrogen-bond donors (Lipinski definition) is 2. The van der Waals surface area contributed by atoms with E-state index in [9.17, 15) is 4.79 Å². The zero-order valence-corrected chi connectivity index (χ0v) is 8.58. The number of rotatable bonds is 4. The Hall–Kier alpha value is -1.36. The molecule has 14 heavy (non-hydrogen) atoms. The van der Waals surface area contributed by atoms with Gasteiger partial charge in [0.05, 0.1) is 11.8 Å². The van der Waals surface area contributed by atoms with Crippen molar-refractivity contribution in [2.45, 2.75) is 13.8 Å². The van der Waals surface area contributed by atoms with Crippen molar-refractivity contribution >= 4 is 5.91 Å². The molecule has 0 aromatic carbocycles. The molecule has 0 radical (unpaired) electrons. The van der Waals surface area contributed by atoms with Crippen molar-refractivity contribution in [3.8, 4) is 0 Å². The first-order chi connectivity index (χ1) is 6.70. The van der Waals surface area contributed by atoms with Gasteiger partial charge in [-0.3, -0.25) is 9.89 Å². The minimum absolute atomic E-state index is 0.01000. The number of nitrogens with two attached hydrogens (primary N) is 1. The molecule has 0 aliphatic rings. The van der Waals surface area contributed by atoms with Crippen LogP contribution in [0, 0.1) is 6.92 Å². The molecular weight excluding hydrogens is 180 g/mol. The van der Waals surface area contributed by atoms with Crippen LogP contribution in [0.25, 0.3) is 0 Å². The number of aromatic amines is 1. The molecule has 1 aromatic rings. The van der Waals surface area contributed by atoms with E-state index in [0.717, 1.165) is 5.69 Å². The Morgan fingerprint density at radius 3 is 2.86 bits per heavy atom. The summed E-state index contributed by atoms with van der Waals surface area (Å²) in [5, 5.41) is 6.56. The molecule has 0 atom stereocenters. The summed E-state index contributed by atoms with van der Waals surface area (Å²) >= 11 is 0. The molecule has 5 heteroatoms. The van der Waals surface area contributed by atoms with Crippen LogP contribution in [-0.4, -0.2) is 40.6 Å². The van der Waals surface area contributed by atoms with Crippen molar-refractivity contribution in [1.29, 1.82) is 0 Å². The van der Waals surface area contributed by atoms with Crippen molar-refractivity contribution in [3.63, 3.8) is 0 Å². The molecule has 78 valence electrons. The van der Waals surface area contributed by atoms with Gasteiger partial charge in [-0.25, -0.2) is 0 Å². The highest BCUT2D eigenvalue weighted by Gasteiger charge is 2.16. The van der Waals surface area contributed by atoms with Gasteiger partial charge in [0.15, 0.2) is 0 Å². The average molecular weight is 196 g/mol. The van der Waals surface area contributed by atoms with Crippen LogP contribution in [0.3, 0.4) is 0 Å². The van der Waals surface area contributed by atoms with Crippen LogP contribution in [0.2, 0.25) is 0 Å². The molecule has 0 saturated carbocycles. The SMILES string of the molecule is CCN(CCN)C(=O)c1cn[nH]c1C. The van der Waals surface area contributed by atoms with Crippen molar-refractivity contribution < 1.29 is 4.79 Å². The van der Waals surface area contributed by atoms with Crippen molar-refractivity contribution in [1.82, 2.24) is 15.1 Å². The third-order valence-electron chi connectivity index (χ3n) is 2.13. The maximum Gasteiger partial charge on any atom is 0.257 e. The third kappa shape index (κ3) is 2.11. The predicted octanol–water partition coefficient (Wildman–Crippen LogP) is 0.139. The first-order valence-electron chi connectivity index (χ1n) is 4.70. The summed E-state index contributed by atoms with van der Waals surface area (Å²) in [4.78, 5) is 13.6. The minimum Gasteiger partial charge on any atom is -0.338 e. The number of amides is 1. The fraction of sp³-hybridized carbons (Fsp3) is 0.556. The Bertz CT molecular complexity index is 308. The maximum absolute atomic E-state index is 11.9. The average Bonchev–Trinajstić information content (AvgIpc) is 2.59. The summed E-state index contributed by atoms with van der Waals surface area (Å²) in [6.45, 7) is 5.50. The van der Waals surface area contributed by atoms with Gasteiger partial charge in [-0.15, -0.1) is 0 Å². The lowest BCUT2D eigenvalue weighted by Gasteiger charge is -2.19. The largest absolute Gasteiger partial charge is 0.338 e. The van der Waals surface area contributed by atoms with Gasteiger partial charge in [0.2, 0.25) is 0 Å². The van der Waals surface area contributed by atoms with E-state index in [2.05, 4.69) is 10.2 Å². The van der Waals surface area contributed by atoms with Crippen LogP contribution in [0.5, 0.6) is 0 Å². The number of hydrogen-bond acceptors (Lipinski definition) is 3. The molecule has 5 nitrogen and oxygen atoms in total. The second kappa shape index (κ2) is 4.76. The number of nitrogens with zero attached hydrogens (tertiary/aromatic N) is 2. The Kier molecular flexibility index (Phi) is 3.64. The molecule has 0 bridgehead atoms. The molecule has 0 aliphatic carbocycles. The minimum atomic E-state index is -0.01000. The maximum atomic E-state index is 11.9. The smallest absolute Gasteiger partial charge is 0.257 e. The molecule has 0 aliphatic heterocycles. The fourth-order valence-electron chi connectivity index (χ4n) is 1.30. The lowest BCUT2D eigenvalue weighted by molar-refractivity contribution is 0.0768. The van der Waals surface area contributed by atoms with Crippen molar-refractivity contribution in [2.75, 3.05) is 19.6 Å². The van der Waals surface area contributed by atoms with Gasteiger partial charge in [-0.1, -0.05) is 0 Å². The van der Waals surface area contributed by atoms with E-state index in [1.807, 2.05) is 13.8 Å². The van der Waals surface area contributed by atoms with E-state index in [-0.39, 0.29) is 5.91 Å². The summed E-state index contributed by atoms with van der Waals surface area (Å²) in [5.74, 6) is -0.01000. The van der Waals surface area contributed by atoms with Gasteiger partial charge < -0.3 is 10.6 Å². The summed E-state index contributed by atoms with van der Waals surface area (Å²) in [6.07, 6.45) is 1.55. The molecule has 3 N–H and O–H groups in total. The van der Waals surface area contributed by atoms with E-state index in [1.54, 1.807) is 11.1 Å². The second-order valence-corrected chi connectivity index (χ2v) is 3.08. The van der Waals surface area contributed by atoms with Crippen molar-refractivity contribution in [2.24, 2.45) is 5.73 Å². The van der Waals surface area contributed by atoms with E-state index >= 15 is 0 Å². The first kappa shape index (κ1) is 10.7. The van der Waals surface area contributed by atoms with E-state index in [1.165, 1.54) is 0 Å². The zero-order chi connectivity index (χ0) is 10.6. The summed E-state index contributed by atoms with van der Waals surface area (Å²) < 4.78 is 0. The van der Waals surface area contributed by atoms with Gasteiger partial charge in [-0.2, -0.15) is 5.10 Å². The van der Waals surface area contributed by atoms with Crippen molar-refractivity contribution in [3.05, 3.63) is 17.5 Å². The first-order valence-corrected chi connectivity index (χ1v) is 4.70. The summed E-state index contributed by atoms with van der Waals surface area (Å²) in [7, 11) is 0. The Labute approximate surface area is 83.3 Å². The molecule has 1 aromatic heterocycles. The third-order valence-corrected chi connectivity index (χ3v) is 2.13. The van der Waals surface area contributed by atoms with Crippen LogP contribution in [-0.2, 0) is 0 Å². The molecule has 0 saturated heterocycles. The fourth-order valence-corrected chi connectivity index (χ4v) is 1.30. The van der Waals surface area contributed by atoms with Crippen LogP contribution in [0.1, 0.15) is 23.0 Å². The van der Waals surface area contributed by atoms with E-state index in [4.69, 9.17) is 5.73 Å². The highest BCUT2D eigenvalue weighted by Crippen LogP contribution is 2.06. The quantitative estimate of drug-likeness (QED) is 0.719. The topological polar surface area (TPSA) is 75.0 Å². The lowest BCUT2D eigenvalue weighted by Crippen LogP contribution is -2.35. The van der Waals surface area contributed by atoms with Gasteiger partial charge >= 0.3 is 0 Å². The van der Waals surface area contributed by atoms with Crippen LogP contribution in [0.4, 0.5) is 0 Å². The standard InChI is InChI=1S/C9H16N4O/c1-3-13(5-4-10)9(14)8-6-11-12-7(8)2/h6H,3-5,10H2,1-2H3,(H,11,12). The van der Waals surface area contributed by atoms with Gasteiger partial charge in [0.1, 0.15) is 0 Å². The van der Waals surface area contributed by atoms with E-state index in [0.29, 0.717) is 25.2 Å². The number of nitrogens with one attached hydrogen (secondary N) is 1. The Morgan fingerprint density at radius 1 is 1.71 bits per heavy atom. The number of aromatic nitrogens is 2. The molecule has 0 spiro atoms. The molecular formula is C9H16N4O. The number of carbonyl (C=O) groups is 1. The number of aryl methyl sites for hydroxylation is 1. The Balaban J connectivity index is 2.78. The van der Waals surface area contributed by atoms with Gasteiger partial charge in [0, 0.05) is 25.3 Å². The highest BCUT2D eigenvalue weighted by atomic mass is 16.2. The van der Waals surface area contributed by atoms with Crippen LogP contribution in [0.15, 0.2) is 6.20 Å². The molecule has 1 rings (SSSR count). The lowest BCUT2D eigenvalue weighted by atomic mass is 10.2. The summed E-state index contributed by atoms with van der Waals surface area (Å²) in [6, 6.07) is 0. The number of H-pyrrole nitrogens is 1. The molecule has 0 fully saturated rings. The molecule has 0 unspecified atom stereocenters. The predicted molar refractivity (Wildman–Crippen MR) is 54.0 cm³/mol. The normalized spacial score (nSPS) is 10.2. The number of likely N-dealkylation sites (N-methyl/N-ethyl adjacent to an activating group) is 1. The Morgan fingerprint density at radius 2 is 2.43 bits per heavy atom. The van der Waals surface area contributed by atoms with E-state index < -0.39 is 0 Å². The number of carbonyl (C=O) groups excluding carboxylic acids is 1. The van der Waals surface area contributed by atoms with Crippen LogP contribution >= 0.6 is 0 Å². The second-order valence-electron chi connectivity index (χ2n) is 3.08. The zero-order valence-electron chi connectivity index (χ0n) is 8.58. The van der Waals surface area contributed by atoms with Gasteiger partial charge in [-0.05, 0) is 13.8 Å². The van der Waals surface area contributed by atoms with Gasteiger partial charge in [0.25, 0.3) is 5.91 Å². The monoisotopic (exact) mass is 196 g/mol. The molecule has 1 amide bonds. The highest BCUT2D eigenvalue weighted by molar-refractivity contribution is 5.94. The molecule has 1 heterocycles. The van der Waals surface area contributed by atoms with Crippen LogP contribution < -0.4 is 5.73 Å².